The largest absolute Gasteiger partial charge is 0.330 e. The zero-order valence-electron chi connectivity index (χ0n) is 13.0. The summed E-state index contributed by atoms with van der Waals surface area (Å²) < 4.78 is 0. The second-order valence-corrected chi connectivity index (χ2v) is 7.20. The van der Waals surface area contributed by atoms with Gasteiger partial charge in [0.2, 0.25) is 0 Å². The summed E-state index contributed by atoms with van der Waals surface area (Å²) in [6, 6.07) is 0.846. The van der Waals surface area contributed by atoms with Crippen LogP contribution in [0.3, 0.4) is 0 Å². The fourth-order valence-corrected chi connectivity index (χ4v) is 3.19. The highest BCUT2D eigenvalue weighted by atomic mass is 15.1. The van der Waals surface area contributed by atoms with E-state index in [-0.39, 0.29) is 0 Å². The van der Waals surface area contributed by atoms with Crippen molar-refractivity contribution in [1.82, 2.24) is 4.90 Å². The van der Waals surface area contributed by atoms with Crippen molar-refractivity contribution in [2.75, 3.05) is 20.1 Å². The Morgan fingerprint density at radius 2 is 1.72 bits per heavy atom. The van der Waals surface area contributed by atoms with Crippen molar-refractivity contribution in [3.05, 3.63) is 0 Å². The van der Waals surface area contributed by atoms with Crippen molar-refractivity contribution < 1.29 is 0 Å². The lowest BCUT2D eigenvalue weighted by molar-refractivity contribution is 0.160. The van der Waals surface area contributed by atoms with Gasteiger partial charge in [-0.3, -0.25) is 0 Å². The minimum Gasteiger partial charge on any atom is -0.330 e. The summed E-state index contributed by atoms with van der Waals surface area (Å²) in [5, 5.41) is 0. The first-order chi connectivity index (χ1) is 8.44. The molecule has 2 heteroatoms. The van der Waals surface area contributed by atoms with E-state index in [9.17, 15) is 0 Å². The van der Waals surface area contributed by atoms with Gasteiger partial charge in [-0.05, 0) is 76.4 Å². The molecule has 0 aromatic heterocycles. The van der Waals surface area contributed by atoms with Gasteiger partial charge >= 0.3 is 0 Å². The Morgan fingerprint density at radius 1 is 1.11 bits per heavy atom. The molecule has 2 nitrogen and oxygen atoms in total. The molecule has 0 atom stereocenters. The summed E-state index contributed by atoms with van der Waals surface area (Å²) >= 11 is 0. The van der Waals surface area contributed by atoms with Crippen LogP contribution in [-0.4, -0.2) is 31.1 Å². The molecule has 0 aromatic rings. The average molecular weight is 254 g/mol. The molecule has 0 unspecified atom stereocenters. The van der Waals surface area contributed by atoms with E-state index in [1.54, 1.807) is 0 Å². The first-order valence-corrected chi connectivity index (χ1v) is 7.85. The third-order valence-electron chi connectivity index (χ3n) is 4.79. The van der Waals surface area contributed by atoms with Crippen LogP contribution in [0.5, 0.6) is 0 Å². The highest BCUT2D eigenvalue weighted by molar-refractivity contribution is 4.77. The van der Waals surface area contributed by atoms with E-state index in [4.69, 9.17) is 5.73 Å². The van der Waals surface area contributed by atoms with Crippen molar-refractivity contribution in [3.8, 4) is 0 Å². The van der Waals surface area contributed by atoms with Crippen LogP contribution in [0, 0.1) is 11.3 Å². The van der Waals surface area contributed by atoms with Crippen molar-refractivity contribution in [2.45, 2.75) is 71.8 Å². The van der Waals surface area contributed by atoms with Crippen LogP contribution in [-0.2, 0) is 0 Å². The molecule has 108 valence electrons. The zero-order chi connectivity index (χ0) is 13.6. The predicted octanol–water partition coefficient (Wildman–Crippen LogP) is 3.65. The molecular formula is C16H34N2. The maximum atomic E-state index is 5.67. The molecule has 1 saturated carbocycles. The normalized spacial score (nSPS) is 25.7. The number of rotatable bonds is 7. The topological polar surface area (TPSA) is 29.3 Å². The summed E-state index contributed by atoms with van der Waals surface area (Å²) in [5.41, 5.74) is 6.09. The summed E-state index contributed by atoms with van der Waals surface area (Å²) in [6.45, 7) is 9.17. The third kappa shape index (κ3) is 5.71. The standard InChI is InChI=1S/C16H34N2/c1-14-6-8-15(9-7-14)18(4)13-5-10-16(2,3)11-12-17/h14-15H,5-13,17H2,1-4H3. The number of nitrogens with two attached hydrogens (primary N) is 1. The van der Waals surface area contributed by atoms with Crippen molar-refractivity contribution in [2.24, 2.45) is 17.1 Å². The molecule has 0 radical (unpaired) electrons. The van der Waals surface area contributed by atoms with Crippen LogP contribution in [0.15, 0.2) is 0 Å². The van der Waals surface area contributed by atoms with E-state index in [0.717, 1.165) is 24.9 Å². The van der Waals surface area contributed by atoms with Crippen molar-refractivity contribution in [1.29, 1.82) is 0 Å². The van der Waals surface area contributed by atoms with Crippen LogP contribution in [0.25, 0.3) is 0 Å². The van der Waals surface area contributed by atoms with Gasteiger partial charge in [-0.15, -0.1) is 0 Å². The quantitative estimate of drug-likeness (QED) is 0.751. The molecular weight excluding hydrogens is 220 g/mol. The zero-order valence-corrected chi connectivity index (χ0v) is 13.0. The van der Waals surface area contributed by atoms with E-state index in [1.165, 1.54) is 45.1 Å². The molecule has 0 aromatic carbocycles. The molecule has 0 bridgehead atoms. The Balaban J connectivity index is 2.18. The summed E-state index contributed by atoms with van der Waals surface area (Å²) in [5.74, 6) is 0.957. The molecule has 0 heterocycles. The van der Waals surface area contributed by atoms with Crippen LogP contribution in [0.2, 0.25) is 0 Å². The Labute approximate surface area is 114 Å². The van der Waals surface area contributed by atoms with Gasteiger partial charge in [0, 0.05) is 6.04 Å². The minimum atomic E-state index is 0.427. The Bertz CT molecular complexity index is 217. The molecule has 1 aliphatic rings. The first-order valence-electron chi connectivity index (χ1n) is 7.85. The lowest BCUT2D eigenvalue weighted by Gasteiger charge is -2.34. The van der Waals surface area contributed by atoms with Gasteiger partial charge in [-0.2, -0.15) is 0 Å². The number of hydrogen-bond donors (Lipinski definition) is 1. The van der Waals surface area contributed by atoms with Gasteiger partial charge in [0.25, 0.3) is 0 Å². The summed E-state index contributed by atoms with van der Waals surface area (Å²) in [4.78, 5) is 2.60. The molecule has 0 saturated heterocycles. The number of hydrogen-bond acceptors (Lipinski definition) is 2. The molecule has 1 rings (SSSR count). The molecule has 0 amide bonds. The van der Waals surface area contributed by atoms with E-state index < -0.39 is 0 Å². The monoisotopic (exact) mass is 254 g/mol. The summed E-state index contributed by atoms with van der Waals surface area (Å²) in [6.07, 6.45) is 9.43. The molecule has 1 aliphatic carbocycles. The van der Waals surface area contributed by atoms with E-state index in [0.29, 0.717) is 5.41 Å². The molecule has 1 fully saturated rings. The smallest absolute Gasteiger partial charge is 0.00924 e. The summed E-state index contributed by atoms with van der Waals surface area (Å²) in [7, 11) is 2.32. The second kappa shape index (κ2) is 7.49. The van der Waals surface area contributed by atoms with Gasteiger partial charge in [0.15, 0.2) is 0 Å². The van der Waals surface area contributed by atoms with Crippen LogP contribution >= 0.6 is 0 Å². The second-order valence-electron chi connectivity index (χ2n) is 7.20. The van der Waals surface area contributed by atoms with Crippen LogP contribution in [0.1, 0.15) is 65.7 Å². The Kier molecular flexibility index (Phi) is 6.65. The predicted molar refractivity (Wildman–Crippen MR) is 80.7 cm³/mol. The SMILES string of the molecule is CC1CCC(N(C)CCCC(C)(C)CCN)CC1. The van der Waals surface area contributed by atoms with Crippen LogP contribution in [0.4, 0.5) is 0 Å². The average Bonchev–Trinajstić information content (AvgIpc) is 2.29. The van der Waals surface area contributed by atoms with Crippen molar-refractivity contribution >= 4 is 0 Å². The highest BCUT2D eigenvalue weighted by Gasteiger charge is 2.22. The Hall–Kier alpha value is -0.0800. The van der Waals surface area contributed by atoms with Gasteiger partial charge in [-0.1, -0.05) is 20.8 Å². The lowest BCUT2D eigenvalue weighted by Crippen LogP contribution is -2.35. The van der Waals surface area contributed by atoms with Gasteiger partial charge < -0.3 is 10.6 Å². The molecule has 0 aliphatic heterocycles. The fourth-order valence-electron chi connectivity index (χ4n) is 3.19. The molecule has 18 heavy (non-hydrogen) atoms. The molecule has 2 N–H and O–H groups in total. The minimum absolute atomic E-state index is 0.427. The maximum absolute atomic E-state index is 5.67. The number of nitrogens with zero attached hydrogens (tertiary/aromatic N) is 1. The van der Waals surface area contributed by atoms with E-state index in [1.807, 2.05) is 0 Å². The van der Waals surface area contributed by atoms with E-state index >= 15 is 0 Å². The first kappa shape index (κ1) is 16.0. The Morgan fingerprint density at radius 3 is 2.28 bits per heavy atom. The van der Waals surface area contributed by atoms with Crippen molar-refractivity contribution in [3.63, 3.8) is 0 Å². The highest BCUT2D eigenvalue weighted by Crippen LogP contribution is 2.28. The third-order valence-corrected chi connectivity index (χ3v) is 4.79. The molecule has 0 spiro atoms. The van der Waals surface area contributed by atoms with E-state index in [2.05, 4.69) is 32.7 Å². The van der Waals surface area contributed by atoms with Gasteiger partial charge in [0.05, 0.1) is 0 Å². The lowest BCUT2D eigenvalue weighted by atomic mass is 9.84. The van der Waals surface area contributed by atoms with Crippen LogP contribution < -0.4 is 5.73 Å². The van der Waals surface area contributed by atoms with Gasteiger partial charge in [-0.25, -0.2) is 0 Å². The van der Waals surface area contributed by atoms with Gasteiger partial charge in [0.1, 0.15) is 0 Å². The maximum Gasteiger partial charge on any atom is 0.00924 e. The fraction of sp³-hybridized carbons (Fsp3) is 1.00.